The Bertz CT molecular complexity index is 1240. The summed E-state index contributed by atoms with van der Waals surface area (Å²) in [5.41, 5.74) is 11.1. The Morgan fingerprint density at radius 2 is 1.53 bits per heavy atom. The molecule has 3 amide bonds. The molecule has 4 N–H and O–H groups in total. The number of pyridine rings is 1. The zero-order chi connectivity index (χ0) is 26.1. The summed E-state index contributed by atoms with van der Waals surface area (Å²) in [6.45, 7) is 3.99. The van der Waals surface area contributed by atoms with Crippen molar-refractivity contribution in [2.24, 2.45) is 17.4 Å². The zero-order valence-electron chi connectivity index (χ0n) is 20.4. The quantitative estimate of drug-likeness (QED) is 0.559. The molecular formula is C27H32N4O4S. The number of aryl methyl sites for hydroxylation is 1. The van der Waals surface area contributed by atoms with Crippen LogP contribution in [0.3, 0.4) is 0 Å². The van der Waals surface area contributed by atoms with Crippen LogP contribution < -0.4 is 17.0 Å². The number of amides is 3. The van der Waals surface area contributed by atoms with Crippen molar-refractivity contribution in [3.63, 3.8) is 0 Å². The van der Waals surface area contributed by atoms with Gasteiger partial charge in [0.2, 0.25) is 11.8 Å². The molecular weight excluding hydrogens is 476 g/mol. The second-order valence-electron chi connectivity index (χ2n) is 8.75. The van der Waals surface area contributed by atoms with Crippen molar-refractivity contribution in [2.75, 3.05) is 13.1 Å². The normalized spacial score (nSPS) is 14.5. The predicted octanol–water partition coefficient (Wildman–Crippen LogP) is 3.50. The van der Waals surface area contributed by atoms with E-state index in [1.807, 2.05) is 13.0 Å². The average Bonchev–Trinajstić information content (AvgIpc) is 3.65. The highest BCUT2D eigenvalue weighted by molar-refractivity contribution is 7.13. The van der Waals surface area contributed by atoms with Crippen LogP contribution in [-0.2, 0) is 4.79 Å². The molecule has 1 aliphatic heterocycles. The first-order valence-electron chi connectivity index (χ1n) is 12.0. The predicted molar refractivity (Wildman–Crippen MR) is 141 cm³/mol. The van der Waals surface area contributed by atoms with E-state index in [0.29, 0.717) is 28.0 Å². The number of thiophene rings is 1. The highest BCUT2D eigenvalue weighted by Gasteiger charge is 2.33. The summed E-state index contributed by atoms with van der Waals surface area (Å²) in [7, 11) is 0. The van der Waals surface area contributed by atoms with E-state index < -0.39 is 5.91 Å². The van der Waals surface area contributed by atoms with E-state index in [2.05, 4.69) is 4.90 Å². The van der Waals surface area contributed by atoms with E-state index in [1.54, 1.807) is 48.7 Å². The number of benzene rings is 1. The molecule has 1 saturated heterocycles. The first-order chi connectivity index (χ1) is 17.3. The van der Waals surface area contributed by atoms with Gasteiger partial charge < -0.3 is 16.4 Å². The van der Waals surface area contributed by atoms with Gasteiger partial charge in [-0.05, 0) is 81.5 Å². The first kappa shape index (κ1) is 26.9. The zero-order valence-corrected chi connectivity index (χ0v) is 21.2. The smallest absolute Gasteiger partial charge is 0.258 e. The van der Waals surface area contributed by atoms with Crippen molar-refractivity contribution in [1.82, 2.24) is 9.47 Å². The Morgan fingerprint density at radius 1 is 0.861 bits per heavy atom. The molecule has 0 spiro atoms. The Labute approximate surface area is 214 Å². The van der Waals surface area contributed by atoms with E-state index in [9.17, 15) is 19.2 Å². The number of rotatable bonds is 4. The molecule has 190 valence electrons. The third kappa shape index (κ3) is 7.91. The van der Waals surface area contributed by atoms with Crippen molar-refractivity contribution in [3.05, 3.63) is 86.5 Å². The number of nitrogens with zero attached hydrogens (tertiary/aromatic N) is 2. The van der Waals surface area contributed by atoms with Crippen LogP contribution in [-0.4, -0.2) is 40.3 Å². The van der Waals surface area contributed by atoms with Gasteiger partial charge in [-0.25, -0.2) is 0 Å². The molecule has 0 unspecified atom stereocenters. The van der Waals surface area contributed by atoms with Gasteiger partial charge in [-0.3, -0.25) is 23.7 Å². The lowest BCUT2D eigenvalue weighted by Gasteiger charge is -2.26. The van der Waals surface area contributed by atoms with Gasteiger partial charge in [0, 0.05) is 47.4 Å². The Hall–Kier alpha value is -3.72. The maximum absolute atomic E-state index is 11.5. The van der Waals surface area contributed by atoms with Crippen molar-refractivity contribution in [1.29, 1.82) is 0 Å². The van der Waals surface area contributed by atoms with Crippen LogP contribution in [0.25, 0.3) is 5.69 Å². The van der Waals surface area contributed by atoms with E-state index in [0.717, 1.165) is 30.8 Å². The van der Waals surface area contributed by atoms with Gasteiger partial charge in [-0.2, -0.15) is 0 Å². The number of aromatic nitrogens is 1. The van der Waals surface area contributed by atoms with Crippen LogP contribution in [0.15, 0.2) is 65.6 Å². The van der Waals surface area contributed by atoms with Gasteiger partial charge in [-0.1, -0.05) is 6.07 Å². The van der Waals surface area contributed by atoms with E-state index in [4.69, 9.17) is 11.5 Å². The van der Waals surface area contributed by atoms with Crippen LogP contribution in [0.4, 0.5) is 0 Å². The second-order valence-corrected chi connectivity index (χ2v) is 10.0. The van der Waals surface area contributed by atoms with Gasteiger partial charge in [0.25, 0.3) is 11.5 Å². The third-order valence-corrected chi connectivity index (χ3v) is 6.85. The van der Waals surface area contributed by atoms with Crippen molar-refractivity contribution >= 4 is 29.1 Å². The number of carbonyl (C=O) groups excluding carboxylic acids is 3. The fourth-order valence-corrected chi connectivity index (χ4v) is 4.42. The maximum Gasteiger partial charge on any atom is 0.258 e. The van der Waals surface area contributed by atoms with Crippen LogP contribution in [0.2, 0.25) is 0 Å². The number of hydrogen-bond donors (Lipinski definition) is 2. The Kier molecular flexibility index (Phi) is 9.58. The fourth-order valence-electron chi connectivity index (χ4n) is 3.70. The molecule has 0 bridgehead atoms. The van der Waals surface area contributed by atoms with Gasteiger partial charge >= 0.3 is 0 Å². The van der Waals surface area contributed by atoms with E-state index in [-0.39, 0.29) is 11.5 Å². The number of hydrogen-bond acceptors (Lipinski definition) is 5. The molecule has 0 atom stereocenters. The summed E-state index contributed by atoms with van der Waals surface area (Å²) in [4.78, 5) is 48.1. The van der Waals surface area contributed by atoms with Crippen LogP contribution in [0, 0.1) is 12.8 Å². The fraction of sp³-hybridized carbons (Fsp3) is 0.333. The summed E-state index contributed by atoms with van der Waals surface area (Å²) in [5, 5.41) is 0. The lowest BCUT2D eigenvalue weighted by molar-refractivity contribution is -0.133. The molecule has 0 radical (unpaired) electrons. The molecule has 3 heterocycles. The maximum atomic E-state index is 11.5. The number of carbonyl (C=O) groups is 3. The van der Waals surface area contributed by atoms with Crippen LogP contribution in [0.5, 0.6) is 0 Å². The highest BCUT2D eigenvalue weighted by atomic mass is 32.1. The van der Waals surface area contributed by atoms with Gasteiger partial charge in [0.1, 0.15) is 0 Å². The molecule has 2 aliphatic rings. The molecule has 1 aliphatic carbocycles. The summed E-state index contributed by atoms with van der Waals surface area (Å²) in [5.74, 6) is 0.0397. The molecule has 9 heteroatoms. The summed E-state index contributed by atoms with van der Waals surface area (Å²) < 4.78 is 1.49. The van der Waals surface area contributed by atoms with Crippen LogP contribution >= 0.6 is 11.3 Å². The molecule has 36 heavy (non-hydrogen) atoms. The first-order valence-corrected chi connectivity index (χ1v) is 12.8. The summed E-state index contributed by atoms with van der Waals surface area (Å²) in [6.07, 6.45) is 7.72. The monoisotopic (exact) mass is 508 g/mol. The minimum Gasteiger partial charge on any atom is -0.366 e. The lowest BCUT2D eigenvalue weighted by atomic mass is 10.1. The molecule has 1 saturated carbocycles. The lowest BCUT2D eigenvalue weighted by Crippen LogP contribution is -2.36. The van der Waals surface area contributed by atoms with Gasteiger partial charge in [0.05, 0.1) is 4.88 Å². The third-order valence-electron chi connectivity index (χ3n) is 5.83. The van der Waals surface area contributed by atoms with E-state index >= 15 is 0 Å². The largest absolute Gasteiger partial charge is 0.366 e. The standard InChI is InChI=1S/C12H10N2O2.C9H15NO.C6H7NOS/c13-12(16)9-4-6-10(7-5-9)14-8-2-1-3-11(14)15;11-9(8-4-5-8)10-6-2-1-3-7-10;1-4-2-3-5(9-4)6(7)8/h1-8H,(H2,13,16);8H,1-7H2;2-3H,1H3,(H2,7,8). The van der Waals surface area contributed by atoms with E-state index in [1.165, 1.54) is 41.2 Å². The van der Waals surface area contributed by atoms with Crippen LogP contribution in [0.1, 0.15) is 57.0 Å². The number of nitrogens with two attached hydrogens (primary N) is 2. The Balaban J connectivity index is 0.000000158. The van der Waals surface area contributed by atoms with Crippen molar-refractivity contribution < 1.29 is 14.4 Å². The SMILES string of the molecule is Cc1ccc(C(N)=O)s1.NC(=O)c1ccc(-n2ccccc2=O)cc1.O=C(C1CC1)N1CCCCC1. The molecule has 1 aromatic carbocycles. The molecule has 5 rings (SSSR count). The number of primary amides is 2. The number of piperidine rings is 1. The summed E-state index contributed by atoms with van der Waals surface area (Å²) >= 11 is 1.42. The molecule has 3 aromatic rings. The molecule has 2 fully saturated rings. The second kappa shape index (κ2) is 12.8. The van der Waals surface area contributed by atoms with Gasteiger partial charge in [0.15, 0.2) is 0 Å². The summed E-state index contributed by atoms with van der Waals surface area (Å²) in [6, 6.07) is 15.1. The highest BCUT2D eigenvalue weighted by Crippen LogP contribution is 2.31. The molecule has 8 nitrogen and oxygen atoms in total. The topological polar surface area (TPSA) is 128 Å². The van der Waals surface area contributed by atoms with Gasteiger partial charge in [-0.15, -0.1) is 11.3 Å². The minimum atomic E-state index is -0.480. The Morgan fingerprint density at radius 3 is 2.00 bits per heavy atom. The number of likely N-dealkylation sites (tertiary alicyclic amines) is 1. The minimum absolute atomic E-state index is 0.116. The average molecular weight is 509 g/mol. The van der Waals surface area contributed by atoms with Crippen molar-refractivity contribution in [3.8, 4) is 5.69 Å². The molecule has 2 aromatic heterocycles. The van der Waals surface area contributed by atoms with Crippen molar-refractivity contribution in [2.45, 2.75) is 39.0 Å².